The molecule has 27 heavy (non-hydrogen) atoms. The fraction of sp³-hybridized carbons (Fsp3) is 0.250. The van der Waals surface area contributed by atoms with E-state index >= 15 is 0 Å². The molecule has 2 aromatic heterocycles. The Balaban J connectivity index is 2.16. The number of hydrogen-bond donors (Lipinski definition) is 4. The predicted octanol–water partition coefficient (Wildman–Crippen LogP) is 0.755. The summed E-state index contributed by atoms with van der Waals surface area (Å²) < 4.78 is 0. The highest BCUT2D eigenvalue weighted by atomic mass is 16.3. The highest BCUT2D eigenvalue weighted by Crippen LogP contribution is 2.22. The van der Waals surface area contributed by atoms with E-state index in [1.807, 2.05) is 27.7 Å². The molecule has 1 aromatic carbocycles. The third kappa shape index (κ3) is 3.92. The standard InChI is InChI=1S/C20H22N4O3/c1-11-5-6-16(25)12(7-11)8-14-18(26)24-15(19(27)23-14)9-13-17(20(2,3)4)22-10-21-13/h5-10,25H,1-4H3,(H,21,22)(H,23,27)(H,24,26)/b14-8-,15-9-. The first-order valence-corrected chi connectivity index (χ1v) is 8.55. The van der Waals surface area contributed by atoms with Crippen molar-refractivity contribution in [3.8, 4) is 5.75 Å². The van der Waals surface area contributed by atoms with E-state index in [2.05, 4.69) is 19.9 Å². The average molecular weight is 366 g/mol. The lowest BCUT2D eigenvalue weighted by molar-refractivity contribution is 0.474. The first-order chi connectivity index (χ1) is 12.6. The summed E-state index contributed by atoms with van der Waals surface area (Å²) in [7, 11) is 0. The second kappa shape index (κ2) is 6.75. The van der Waals surface area contributed by atoms with Crippen molar-refractivity contribution >= 4 is 12.2 Å². The van der Waals surface area contributed by atoms with Crippen LogP contribution in [0.25, 0.3) is 12.2 Å². The summed E-state index contributed by atoms with van der Waals surface area (Å²) in [4.78, 5) is 37.3. The Labute approximate surface area is 155 Å². The molecule has 0 unspecified atom stereocenters. The van der Waals surface area contributed by atoms with Crippen molar-refractivity contribution in [2.45, 2.75) is 33.1 Å². The van der Waals surface area contributed by atoms with Crippen molar-refractivity contribution in [3.05, 3.63) is 78.4 Å². The van der Waals surface area contributed by atoms with Gasteiger partial charge < -0.3 is 20.1 Å². The lowest BCUT2D eigenvalue weighted by Gasteiger charge is -2.16. The largest absolute Gasteiger partial charge is 0.507 e. The van der Waals surface area contributed by atoms with Crippen molar-refractivity contribution < 1.29 is 5.11 Å². The van der Waals surface area contributed by atoms with Crippen molar-refractivity contribution in [2.24, 2.45) is 0 Å². The van der Waals surface area contributed by atoms with Crippen LogP contribution < -0.4 is 21.8 Å². The molecule has 140 valence electrons. The van der Waals surface area contributed by atoms with Crippen LogP contribution in [-0.4, -0.2) is 25.0 Å². The monoisotopic (exact) mass is 366 g/mol. The minimum atomic E-state index is -0.463. The zero-order chi connectivity index (χ0) is 19.8. The maximum atomic E-state index is 12.4. The summed E-state index contributed by atoms with van der Waals surface area (Å²) >= 11 is 0. The maximum Gasteiger partial charge on any atom is 0.272 e. The van der Waals surface area contributed by atoms with Gasteiger partial charge in [-0.15, -0.1) is 0 Å². The summed E-state index contributed by atoms with van der Waals surface area (Å²) in [5.74, 6) is 0.0304. The van der Waals surface area contributed by atoms with Crippen LogP contribution in [0.3, 0.4) is 0 Å². The molecule has 0 aliphatic carbocycles. The lowest BCUT2D eigenvalue weighted by Crippen LogP contribution is -2.46. The van der Waals surface area contributed by atoms with Gasteiger partial charge >= 0.3 is 0 Å². The SMILES string of the molecule is Cc1ccc(O)c(/C=c2\[nH]c(=O)/c(=C/c3nc[nH]c3C(C)(C)C)[nH]c2=O)c1. The molecule has 7 nitrogen and oxygen atoms in total. The number of aromatic hydroxyl groups is 1. The van der Waals surface area contributed by atoms with Gasteiger partial charge in [0.1, 0.15) is 16.4 Å². The minimum absolute atomic E-state index is 0.0304. The topological polar surface area (TPSA) is 115 Å². The summed E-state index contributed by atoms with van der Waals surface area (Å²) in [6, 6.07) is 5.03. The molecular formula is C20H22N4O3. The number of H-pyrrole nitrogens is 3. The summed E-state index contributed by atoms with van der Waals surface area (Å²) in [5, 5.41) is 10.1. The minimum Gasteiger partial charge on any atom is -0.507 e. The first-order valence-electron chi connectivity index (χ1n) is 8.55. The second-order valence-electron chi connectivity index (χ2n) is 7.50. The number of rotatable bonds is 2. The highest BCUT2D eigenvalue weighted by Gasteiger charge is 2.19. The van der Waals surface area contributed by atoms with E-state index in [-0.39, 0.29) is 21.9 Å². The molecule has 0 saturated carbocycles. The van der Waals surface area contributed by atoms with Crippen LogP contribution in [0.1, 0.15) is 43.3 Å². The lowest BCUT2D eigenvalue weighted by atomic mass is 9.90. The van der Waals surface area contributed by atoms with Gasteiger partial charge in [-0.3, -0.25) is 9.59 Å². The van der Waals surface area contributed by atoms with Gasteiger partial charge in [-0.25, -0.2) is 4.98 Å². The van der Waals surface area contributed by atoms with Crippen molar-refractivity contribution in [2.75, 3.05) is 0 Å². The van der Waals surface area contributed by atoms with Gasteiger partial charge in [-0.2, -0.15) is 0 Å². The molecule has 0 bridgehead atoms. The molecule has 3 aromatic rings. The highest BCUT2D eigenvalue weighted by molar-refractivity contribution is 5.57. The maximum absolute atomic E-state index is 12.4. The Morgan fingerprint density at radius 2 is 1.67 bits per heavy atom. The molecule has 0 spiro atoms. The molecule has 0 aliphatic heterocycles. The summed E-state index contributed by atoms with van der Waals surface area (Å²) in [5.41, 5.74) is 1.74. The van der Waals surface area contributed by atoms with Crippen LogP contribution >= 0.6 is 0 Å². The summed E-state index contributed by atoms with van der Waals surface area (Å²) in [6.07, 6.45) is 4.55. The van der Waals surface area contributed by atoms with Crippen LogP contribution in [0.2, 0.25) is 0 Å². The zero-order valence-corrected chi connectivity index (χ0v) is 15.7. The molecule has 7 heteroatoms. The average Bonchev–Trinajstić information content (AvgIpc) is 3.04. The van der Waals surface area contributed by atoms with E-state index in [0.29, 0.717) is 11.3 Å². The molecule has 0 fully saturated rings. The number of nitrogens with zero attached hydrogens (tertiary/aromatic N) is 1. The third-order valence-electron chi connectivity index (χ3n) is 4.17. The first kappa shape index (κ1) is 18.4. The fourth-order valence-electron chi connectivity index (χ4n) is 2.79. The molecular weight excluding hydrogens is 344 g/mol. The Bertz CT molecular complexity index is 1220. The number of imidazole rings is 1. The van der Waals surface area contributed by atoms with Crippen LogP contribution in [0.4, 0.5) is 0 Å². The van der Waals surface area contributed by atoms with E-state index in [0.717, 1.165) is 11.3 Å². The van der Waals surface area contributed by atoms with Crippen LogP contribution in [0.15, 0.2) is 34.1 Å². The van der Waals surface area contributed by atoms with Gasteiger partial charge in [0.25, 0.3) is 11.1 Å². The number of phenolic OH excluding ortho intramolecular Hbond substituents is 1. The number of benzene rings is 1. The van der Waals surface area contributed by atoms with Gasteiger partial charge in [-0.1, -0.05) is 32.4 Å². The van der Waals surface area contributed by atoms with Gasteiger partial charge in [0, 0.05) is 16.7 Å². The second-order valence-corrected chi connectivity index (χ2v) is 7.50. The van der Waals surface area contributed by atoms with E-state index in [4.69, 9.17) is 0 Å². The van der Waals surface area contributed by atoms with Gasteiger partial charge in [-0.05, 0) is 31.2 Å². The number of aromatic amines is 3. The molecule has 0 aliphatic rings. The molecule has 0 radical (unpaired) electrons. The number of hydrogen-bond acceptors (Lipinski definition) is 4. The number of phenols is 1. The van der Waals surface area contributed by atoms with E-state index in [1.165, 1.54) is 6.08 Å². The van der Waals surface area contributed by atoms with Crippen molar-refractivity contribution in [1.82, 2.24) is 19.9 Å². The van der Waals surface area contributed by atoms with E-state index in [1.54, 1.807) is 30.6 Å². The Kier molecular flexibility index (Phi) is 4.61. The Hall–Kier alpha value is -3.35. The van der Waals surface area contributed by atoms with Gasteiger partial charge in [0.15, 0.2) is 0 Å². The smallest absolute Gasteiger partial charge is 0.272 e. The normalized spacial score (nSPS) is 13.3. The Morgan fingerprint density at radius 3 is 2.30 bits per heavy atom. The molecule has 2 heterocycles. The molecule has 3 rings (SSSR count). The van der Waals surface area contributed by atoms with Gasteiger partial charge in [0.05, 0.1) is 12.0 Å². The van der Waals surface area contributed by atoms with E-state index in [9.17, 15) is 14.7 Å². The number of aryl methyl sites for hydroxylation is 1. The molecule has 4 N–H and O–H groups in total. The Morgan fingerprint density at radius 1 is 1.04 bits per heavy atom. The van der Waals surface area contributed by atoms with Gasteiger partial charge in [0.2, 0.25) is 0 Å². The zero-order valence-electron chi connectivity index (χ0n) is 15.7. The molecule has 0 atom stereocenters. The molecule has 0 saturated heterocycles. The van der Waals surface area contributed by atoms with E-state index < -0.39 is 11.1 Å². The predicted molar refractivity (Wildman–Crippen MR) is 104 cm³/mol. The van der Waals surface area contributed by atoms with Crippen molar-refractivity contribution in [1.29, 1.82) is 0 Å². The third-order valence-corrected chi connectivity index (χ3v) is 4.17. The summed E-state index contributed by atoms with van der Waals surface area (Å²) in [6.45, 7) is 7.95. The van der Waals surface area contributed by atoms with Crippen LogP contribution in [0, 0.1) is 6.92 Å². The van der Waals surface area contributed by atoms with Crippen molar-refractivity contribution in [3.63, 3.8) is 0 Å². The fourth-order valence-corrected chi connectivity index (χ4v) is 2.79. The van der Waals surface area contributed by atoms with Crippen LogP contribution in [-0.2, 0) is 5.41 Å². The number of nitrogens with one attached hydrogen (secondary N) is 3. The number of aromatic nitrogens is 4. The molecule has 0 amide bonds. The quantitative estimate of drug-likeness (QED) is 0.536. The van der Waals surface area contributed by atoms with Crippen LogP contribution in [0.5, 0.6) is 5.75 Å².